The van der Waals surface area contributed by atoms with Crippen molar-refractivity contribution in [3.05, 3.63) is 184 Å². The third kappa shape index (κ3) is 9.99. The van der Waals surface area contributed by atoms with Gasteiger partial charge in [0.05, 0.1) is 30.9 Å². The number of nitrogens with one attached hydrogen (secondary N) is 2. The third-order valence-electron chi connectivity index (χ3n) is 19.5. The zero-order valence-corrected chi connectivity index (χ0v) is 48.3. The van der Waals surface area contributed by atoms with Crippen LogP contribution >= 0.6 is 0 Å². The maximum atomic E-state index is 15.6. The van der Waals surface area contributed by atoms with E-state index < -0.39 is 41.0 Å². The molecule has 6 N–H and O–H groups in total. The number of aromatic hydroxyl groups is 3. The number of ketones is 2. The number of hydrogen-bond acceptors (Lipinski definition) is 12. The first kappa shape index (κ1) is 55.5. The topological polar surface area (TPSA) is 196 Å². The first-order valence-electron chi connectivity index (χ1n) is 30.0. The lowest BCUT2D eigenvalue weighted by molar-refractivity contribution is -0.148. The number of dihydropyridines is 1. The second kappa shape index (κ2) is 22.4. The summed E-state index contributed by atoms with van der Waals surface area (Å²) in [5, 5.41) is 51.9. The van der Waals surface area contributed by atoms with Crippen LogP contribution in [-0.4, -0.2) is 73.8 Å². The highest BCUT2D eigenvalue weighted by Crippen LogP contribution is 2.61. The van der Waals surface area contributed by atoms with Crippen molar-refractivity contribution in [2.24, 2.45) is 16.7 Å². The number of allylic oxidation sites excluding steroid dienone is 8. The summed E-state index contributed by atoms with van der Waals surface area (Å²) in [5.41, 5.74) is 7.27. The number of anilines is 1. The number of ether oxygens (including phenoxy) is 3. The second-order valence-corrected chi connectivity index (χ2v) is 24.5. The number of nitrogens with zero attached hydrogens (tertiary/aromatic N) is 2. The summed E-state index contributed by atoms with van der Waals surface area (Å²) in [7, 11) is 1.48. The highest BCUT2D eigenvalue weighted by atomic mass is 16.5. The Hall–Kier alpha value is -8.67. The summed E-state index contributed by atoms with van der Waals surface area (Å²) in [6.07, 6.45) is 26.7. The van der Waals surface area contributed by atoms with E-state index in [0.717, 1.165) is 87.9 Å². The SMILES string of the molecule is COc1cc([C@H]2CC(=O)C[C@H](OC(C)=O)CC[C@@]34C5=CC=C[C@@H]3CC=C[C@@H]4c3c[nH]cc3[C@H](C#CC5)[C@H](c3cccc(O)c3)C3=CCNC(=C3)N(CCC(C)=O)c3ccc4c5c(n2cc35)CC2(CCCC2)[C@@H]4O)cc(O)c1Oc1cccc(O)c1. The number of hydrogen-bond donors (Lipinski definition) is 6. The van der Waals surface area contributed by atoms with Gasteiger partial charge in [-0.1, -0.05) is 91.0 Å². The Morgan fingerprint density at radius 2 is 1.71 bits per heavy atom. The van der Waals surface area contributed by atoms with E-state index in [0.29, 0.717) is 44.3 Å². The number of fused-ring (bicyclic) bond motifs is 3. The maximum absolute atomic E-state index is 15.6. The molecule has 0 amide bonds. The summed E-state index contributed by atoms with van der Waals surface area (Å²) >= 11 is 0. The van der Waals surface area contributed by atoms with Gasteiger partial charge in [-0.15, -0.1) is 0 Å². The second-order valence-electron chi connectivity index (χ2n) is 24.5. The molecule has 6 bridgehead atoms. The van der Waals surface area contributed by atoms with E-state index in [4.69, 9.17) is 14.2 Å². The number of carbonyl (C=O) groups excluding carboxylic acids is 3. The van der Waals surface area contributed by atoms with Crippen molar-refractivity contribution in [3.8, 4) is 46.3 Å². The zero-order chi connectivity index (χ0) is 58.7. The molecule has 6 aromatic rings. The van der Waals surface area contributed by atoms with E-state index in [1.807, 2.05) is 18.2 Å². The highest BCUT2D eigenvalue weighted by molar-refractivity contribution is 6.00. The number of benzene rings is 4. The monoisotopic (exact) mass is 1140 g/mol. The van der Waals surface area contributed by atoms with Crippen LogP contribution in [0.2, 0.25) is 0 Å². The van der Waals surface area contributed by atoms with Gasteiger partial charge >= 0.3 is 5.97 Å². The number of phenols is 3. The van der Waals surface area contributed by atoms with Gasteiger partial charge in [-0.2, -0.15) is 0 Å². The van der Waals surface area contributed by atoms with Crippen molar-refractivity contribution in [2.45, 2.75) is 127 Å². The van der Waals surface area contributed by atoms with E-state index in [1.54, 1.807) is 37.3 Å². The van der Waals surface area contributed by atoms with Gasteiger partial charge in [-0.05, 0) is 133 Å². The Morgan fingerprint density at radius 1 is 0.894 bits per heavy atom. The van der Waals surface area contributed by atoms with Crippen LogP contribution < -0.4 is 19.7 Å². The van der Waals surface area contributed by atoms with E-state index in [-0.39, 0.29) is 83.1 Å². The molecule has 4 aromatic carbocycles. The van der Waals surface area contributed by atoms with Gasteiger partial charge in [-0.3, -0.25) is 14.4 Å². The lowest BCUT2D eigenvalue weighted by Gasteiger charge is -2.50. The van der Waals surface area contributed by atoms with E-state index in [1.165, 1.54) is 31.7 Å². The molecule has 4 heterocycles. The first-order chi connectivity index (χ1) is 41.2. The molecule has 0 saturated heterocycles. The van der Waals surface area contributed by atoms with Crippen LogP contribution in [0.15, 0.2) is 151 Å². The number of aromatic amines is 1. The maximum Gasteiger partial charge on any atom is 0.302 e. The molecule has 2 aliphatic heterocycles. The molecule has 7 aliphatic rings. The van der Waals surface area contributed by atoms with Crippen LogP contribution in [0.5, 0.6) is 34.5 Å². The fraction of sp³-hybridized carbons (Fsp3) is 0.366. The Bertz CT molecular complexity index is 3890. The van der Waals surface area contributed by atoms with Gasteiger partial charge in [0.1, 0.15) is 40.7 Å². The number of aromatic nitrogens is 2. The third-order valence-corrected chi connectivity index (χ3v) is 19.5. The Labute approximate surface area is 495 Å². The van der Waals surface area contributed by atoms with Crippen molar-refractivity contribution < 1.29 is 49.0 Å². The molecule has 2 spiro atoms. The van der Waals surface area contributed by atoms with E-state index >= 15 is 4.79 Å². The zero-order valence-electron chi connectivity index (χ0n) is 48.3. The first-order valence-corrected chi connectivity index (χ1v) is 30.0. The molecular weight excluding hydrogens is 1070 g/mol. The van der Waals surface area contributed by atoms with E-state index in [2.05, 4.69) is 105 Å². The molecule has 14 heteroatoms. The number of phenolic OH excluding ortho intramolecular Hbond substituents is 3. The molecule has 1 saturated carbocycles. The van der Waals surface area contributed by atoms with Crippen LogP contribution in [0.25, 0.3) is 10.8 Å². The predicted molar refractivity (Wildman–Crippen MR) is 325 cm³/mol. The van der Waals surface area contributed by atoms with Crippen LogP contribution in [-0.2, 0) is 25.5 Å². The Morgan fingerprint density at radius 3 is 2.49 bits per heavy atom. The molecule has 8 atom stereocenters. The molecule has 14 nitrogen and oxygen atoms in total. The van der Waals surface area contributed by atoms with Gasteiger partial charge in [0, 0.05) is 109 Å². The molecule has 2 aromatic heterocycles. The van der Waals surface area contributed by atoms with Crippen molar-refractivity contribution in [3.63, 3.8) is 0 Å². The minimum absolute atomic E-state index is 0.0115. The highest BCUT2D eigenvalue weighted by Gasteiger charge is 2.51. The summed E-state index contributed by atoms with van der Waals surface area (Å²) in [6, 6.07) is 20.4. The van der Waals surface area contributed by atoms with Crippen LogP contribution in [0.4, 0.5) is 5.69 Å². The van der Waals surface area contributed by atoms with Crippen LogP contribution in [0.1, 0.15) is 148 Å². The molecule has 85 heavy (non-hydrogen) atoms. The van der Waals surface area contributed by atoms with Gasteiger partial charge < -0.3 is 54.4 Å². The number of rotatable bonds is 9. The van der Waals surface area contributed by atoms with Crippen LogP contribution in [0, 0.1) is 28.6 Å². The fourth-order valence-corrected chi connectivity index (χ4v) is 15.7. The molecule has 1 fully saturated rings. The lowest BCUT2D eigenvalue weighted by Crippen LogP contribution is -2.41. The summed E-state index contributed by atoms with van der Waals surface area (Å²) in [4.78, 5) is 47.9. The number of esters is 1. The predicted octanol–water partition coefficient (Wildman–Crippen LogP) is 13.0. The molecule has 0 radical (unpaired) electrons. The molecular formula is C71H72N4O10. The summed E-state index contributed by atoms with van der Waals surface area (Å²) in [5.74, 6) is 7.19. The normalized spacial score (nSPS) is 25.6. The number of aliphatic hydroxyl groups is 1. The average molecular weight is 1140 g/mol. The summed E-state index contributed by atoms with van der Waals surface area (Å²) in [6.45, 7) is 3.74. The van der Waals surface area contributed by atoms with Crippen LogP contribution in [0.3, 0.4) is 0 Å². The van der Waals surface area contributed by atoms with Crippen molar-refractivity contribution in [2.75, 3.05) is 25.1 Å². The molecule has 5 aliphatic carbocycles. The summed E-state index contributed by atoms with van der Waals surface area (Å²) < 4.78 is 20.7. The number of Topliss-reactive ketones (excluding diaryl/α,β-unsaturated/α-hetero) is 2. The Balaban J connectivity index is 1.06. The van der Waals surface area contributed by atoms with Crippen molar-refractivity contribution in [1.82, 2.24) is 14.9 Å². The molecule has 0 unspecified atom stereocenters. The Kier molecular flexibility index (Phi) is 14.6. The average Bonchev–Trinajstić information content (AvgIpc) is 1.82. The number of H-pyrrole nitrogens is 1. The molecule has 13 rings (SSSR count). The minimum Gasteiger partial charge on any atom is -0.508 e. The standard InChI is InChI=1S/C71H72N4O10/c1-42(76)25-30-74-60-22-21-55-67-58(60)41-75(62(67)38-70(69(55)82)26-4-5-27-70)61(46-32-63(81)68(64(33-46)83-3)85-52-18-10-17-50(79)35-52)37-51(80)36-53(84-43(2)77)23-28-71-47-12-7-13-48(71)15-9-20-59(71)57-40-72-39-56(57)54(19-8-14-47)66(44-11-6-16-49(78)31-44)45-24-29-73-65(74)34-45/h6-7,9-13,16-18,20-22,24,31-35,39-41,48,53-54,59,61,66,69,72-73,78-79,81-82H,4-5,14-15,23,25-30,36-38H2,1-3H3/t48-,53-,54+,59-,61-,66-,69-,71-/m1/s1. The number of carbonyl (C=O) groups is 3. The fourth-order valence-electron chi connectivity index (χ4n) is 15.7. The smallest absolute Gasteiger partial charge is 0.302 e. The van der Waals surface area contributed by atoms with E-state index in [9.17, 15) is 30.0 Å². The lowest BCUT2D eigenvalue weighted by atomic mass is 9.53. The van der Waals surface area contributed by atoms with Gasteiger partial charge in [0.25, 0.3) is 0 Å². The quantitative estimate of drug-likeness (QED) is 0.0456. The van der Waals surface area contributed by atoms with Crippen molar-refractivity contribution in [1.29, 1.82) is 0 Å². The largest absolute Gasteiger partial charge is 0.508 e. The van der Waals surface area contributed by atoms with Crippen molar-refractivity contribution >= 4 is 34.0 Å². The minimum atomic E-state index is -0.794. The van der Waals surface area contributed by atoms with Gasteiger partial charge in [0.15, 0.2) is 11.5 Å². The van der Waals surface area contributed by atoms with Gasteiger partial charge in [-0.25, -0.2) is 0 Å². The molecule has 436 valence electrons. The number of aliphatic hydroxyl groups excluding tert-OH is 1. The number of methoxy groups -OCH3 is 1. The van der Waals surface area contributed by atoms with Gasteiger partial charge in [0.2, 0.25) is 5.75 Å².